The number of methoxy groups -OCH3 is 1. The lowest BCUT2D eigenvalue weighted by Crippen LogP contribution is -2.12. The van der Waals surface area contributed by atoms with Crippen molar-refractivity contribution in [2.45, 2.75) is 18.6 Å². The minimum absolute atomic E-state index is 0.0435. The average Bonchev–Trinajstić information content (AvgIpc) is 3.11. The van der Waals surface area contributed by atoms with E-state index in [2.05, 4.69) is 15.5 Å². The highest BCUT2D eigenvalue weighted by Gasteiger charge is 2.10. The van der Waals surface area contributed by atoms with E-state index < -0.39 is 0 Å². The van der Waals surface area contributed by atoms with E-state index in [0.717, 1.165) is 22.6 Å². The quantitative estimate of drug-likeness (QED) is 0.630. The van der Waals surface area contributed by atoms with E-state index in [1.54, 1.807) is 7.11 Å². The minimum Gasteiger partial charge on any atom is -0.497 e. The summed E-state index contributed by atoms with van der Waals surface area (Å²) >= 11 is 1.36. The molecular formula is C19H19N3O3S. The molecule has 1 N–H and O–H groups in total. The first-order valence-electron chi connectivity index (χ1n) is 8.11. The highest BCUT2D eigenvalue weighted by atomic mass is 32.2. The second-order valence-corrected chi connectivity index (χ2v) is 6.66. The summed E-state index contributed by atoms with van der Waals surface area (Å²) in [6.45, 7) is 1.99. The molecule has 0 aliphatic carbocycles. The van der Waals surface area contributed by atoms with Crippen molar-refractivity contribution in [2.75, 3.05) is 18.2 Å². The summed E-state index contributed by atoms with van der Waals surface area (Å²) in [6, 6.07) is 15.1. The maximum atomic E-state index is 12.0. The number of hydrogen-bond acceptors (Lipinski definition) is 6. The number of nitrogens with zero attached hydrogens (tertiary/aromatic N) is 2. The molecule has 0 spiro atoms. The van der Waals surface area contributed by atoms with E-state index >= 15 is 0 Å². The molecule has 3 rings (SSSR count). The zero-order chi connectivity index (χ0) is 18.4. The van der Waals surface area contributed by atoms with Crippen LogP contribution < -0.4 is 10.1 Å². The molecule has 3 aromatic rings. The van der Waals surface area contributed by atoms with E-state index in [4.69, 9.17) is 9.15 Å². The van der Waals surface area contributed by atoms with Crippen molar-refractivity contribution in [3.63, 3.8) is 0 Å². The summed E-state index contributed by atoms with van der Waals surface area (Å²) < 4.78 is 10.8. The molecule has 1 aromatic heterocycles. The van der Waals surface area contributed by atoms with Gasteiger partial charge in [0.1, 0.15) is 5.75 Å². The first-order valence-corrected chi connectivity index (χ1v) is 9.10. The van der Waals surface area contributed by atoms with Gasteiger partial charge in [-0.2, -0.15) is 0 Å². The van der Waals surface area contributed by atoms with Crippen molar-refractivity contribution in [2.24, 2.45) is 0 Å². The van der Waals surface area contributed by atoms with Crippen LogP contribution in [0, 0.1) is 6.92 Å². The van der Waals surface area contributed by atoms with Gasteiger partial charge in [-0.3, -0.25) is 4.79 Å². The monoisotopic (exact) mass is 369 g/mol. The normalized spacial score (nSPS) is 10.5. The number of aromatic nitrogens is 2. The van der Waals surface area contributed by atoms with Crippen LogP contribution in [0.2, 0.25) is 0 Å². The summed E-state index contributed by atoms with van der Waals surface area (Å²) in [6.07, 6.45) is 0.360. The molecule has 0 fully saturated rings. The van der Waals surface area contributed by atoms with Crippen LogP contribution in [0.25, 0.3) is 11.5 Å². The van der Waals surface area contributed by atoms with Crippen LogP contribution in [0.4, 0.5) is 5.69 Å². The lowest BCUT2D eigenvalue weighted by molar-refractivity contribution is -0.115. The van der Waals surface area contributed by atoms with E-state index in [9.17, 15) is 4.79 Å². The van der Waals surface area contributed by atoms with E-state index in [1.165, 1.54) is 11.8 Å². The highest BCUT2D eigenvalue weighted by molar-refractivity contribution is 7.99. The van der Waals surface area contributed by atoms with Crippen molar-refractivity contribution in [3.8, 4) is 17.2 Å². The number of rotatable bonds is 7. The Morgan fingerprint density at radius 2 is 2.00 bits per heavy atom. The van der Waals surface area contributed by atoms with Gasteiger partial charge in [-0.05, 0) is 48.9 Å². The van der Waals surface area contributed by atoms with Crippen LogP contribution in [0.1, 0.15) is 12.0 Å². The molecule has 0 bridgehead atoms. The fourth-order valence-corrected chi connectivity index (χ4v) is 2.99. The molecule has 6 nitrogen and oxygen atoms in total. The lowest BCUT2D eigenvalue weighted by atomic mass is 10.2. The first kappa shape index (κ1) is 18.0. The first-order chi connectivity index (χ1) is 12.6. The summed E-state index contributed by atoms with van der Waals surface area (Å²) in [5, 5.41) is 11.4. The zero-order valence-corrected chi connectivity index (χ0v) is 15.4. The molecule has 0 saturated heterocycles. The van der Waals surface area contributed by atoms with Crippen molar-refractivity contribution in [1.82, 2.24) is 10.2 Å². The van der Waals surface area contributed by atoms with Crippen LogP contribution >= 0.6 is 11.8 Å². The largest absolute Gasteiger partial charge is 0.497 e. The Morgan fingerprint density at radius 1 is 1.19 bits per heavy atom. The number of amides is 1. The number of thioether (sulfide) groups is 1. The molecule has 26 heavy (non-hydrogen) atoms. The molecule has 7 heteroatoms. The predicted octanol–water partition coefficient (Wildman–Crippen LogP) is 4.17. The van der Waals surface area contributed by atoms with E-state index in [1.807, 2.05) is 55.5 Å². The lowest BCUT2D eigenvalue weighted by Gasteiger charge is -2.05. The summed E-state index contributed by atoms with van der Waals surface area (Å²) in [5.74, 6) is 1.72. The third kappa shape index (κ3) is 4.86. The molecule has 2 aromatic carbocycles. The Hall–Kier alpha value is -2.80. The van der Waals surface area contributed by atoms with Gasteiger partial charge in [0.05, 0.1) is 7.11 Å². The van der Waals surface area contributed by atoms with Gasteiger partial charge in [0.2, 0.25) is 11.8 Å². The number of carbonyl (C=O) groups is 1. The van der Waals surface area contributed by atoms with Gasteiger partial charge in [-0.1, -0.05) is 23.9 Å². The molecule has 0 aliphatic heterocycles. The Bertz CT molecular complexity index is 878. The summed E-state index contributed by atoms with van der Waals surface area (Å²) in [5.41, 5.74) is 2.73. The SMILES string of the molecule is COc1ccc(-c2nnc(SCCC(=O)Nc3cccc(C)c3)o2)cc1. The van der Waals surface area contributed by atoms with Gasteiger partial charge in [0.25, 0.3) is 5.22 Å². The van der Waals surface area contributed by atoms with Crippen LogP contribution in [0.3, 0.4) is 0 Å². The number of hydrogen-bond donors (Lipinski definition) is 1. The molecular weight excluding hydrogens is 350 g/mol. The van der Waals surface area contributed by atoms with Crippen LogP contribution in [-0.4, -0.2) is 29.0 Å². The second kappa shape index (κ2) is 8.53. The molecule has 0 aliphatic rings. The van der Waals surface area contributed by atoms with Gasteiger partial charge in [0.15, 0.2) is 0 Å². The molecule has 134 valence electrons. The Balaban J connectivity index is 1.49. The number of benzene rings is 2. The van der Waals surface area contributed by atoms with Crippen LogP contribution in [-0.2, 0) is 4.79 Å². The van der Waals surface area contributed by atoms with Crippen LogP contribution in [0.5, 0.6) is 5.75 Å². The molecule has 1 heterocycles. The molecule has 1 amide bonds. The van der Waals surface area contributed by atoms with E-state index in [0.29, 0.717) is 23.3 Å². The fourth-order valence-electron chi connectivity index (χ4n) is 2.30. The number of anilines is 1. The van der Waals surface area contributed by atoms with Crippen molar-refractivity contribution in [3.05, 3.63) is 54.1 Å². The highest BCUT2D eigenvalue weighted by Crippen LogP contribution is 2.25. The Kier molecular flexibility index (Phi) is 5.91. The zero-order valence-electron chi connectivity index (χ0n) is 14.6. The fraction of sp³-hybridized carbons (Fsp3) is 0.211. The van der Waals surface area contributed by atoms with Gasteiger partial charge >= 0.3 is 0 Å². The minimum atomic E-state index is -0.0435. The van der Waals surface area contributed by atoms with Crippen molar-refractivity contribution < 1.29 is 13.9 Å². The number of ether oxygens (including phenoxy) is 1. The van der Waals surface area contributed by atoms with Crippen LogP contribution in [0.15, 0.2) is 58.2 Å². The standard InChI is InChI=1S/C19H19N3O3S/c1-13-4-3-5-15(12-13)20-17(23)10-11-26-19-22-21-18(25-19)14-6-8-16(24-2)9-7-14/h3-9,12H,10-11H2,1-2H3,(H,20,23). The van der Waals surface area contributed by atoms with Gasteiger partial charge in [-0.25, -0.2) is 0 Å². The second-order valence-electron chi connectivity index (χ2n) is 5.62. The topological polar surface area (TPSA) is 77.2 Å². The smallest absolute Gasteiger partial charge is 0.276 e. The molecule has 0 radical (unpaired) electrons. The number of carbonyl (C=O) groups excluding carboxylic acids is 1. The average molecular weight is 369 g/mol. The summed E-state index contributed by atoms with van der Waals surface area (Å²) in [4.78, 5) is 12.0. The summed E-state index contributed by atoms with van der Waals surface area (Å²) in [7, 11) is 1.62. The van der Waals surface area contributed by atoms with E-state index in [-0.39, 0.29) is 5.91 Å². The predicted molar refractivity (Wildman–Crippen MR) is 101 cm³/mol. The van der Waals surface area contributed by atoms with Gasteiger partial charge < -0.3 is 14.5 Å². The molecule has 0 unspecified atom stereocenters. The number of aryl methyl sites for hydroxylation is 1. The Labute approximate surface area is 156 Å². The van der Waals surface area contributed by atoms with Crippen molar-refractivity contribution >= 4 is 23.4 Å². The Morgan fingerprint density at radius 3 is 2.73 bits per heavy atom. The van der Waals surface area contributed by atoms with Gasteiger partial charge in [-0.15, -0.1) is 10.2 Å². The maximum Gasteiger partial charge on any atom is 0.276 e. The van der Waals surface area contributed by atoms with Gasteiger partial charge in [0, 0.05) is 23.4 Å². The molecule has 0 saturated carbocycles. The maximum absolute atomic E-state index is 12.0. The third-order valence-electron chi connectivity index (χ3n) is 3.60. The number of nitrogens with one attached hydrogen (secondary N) is 1. The molecule has 0 atom stereocenters. The van der Waals surface area contributed by atoms with Crippen molar-refractivity contribution in [1.29, 1.82) is 0 Å². The third-order valence-corrected chi connectivity index (χ3v) is 4.42.